The fourth-order valence-electron chi connectivity index (χ4n) is 5.48. The zero-order chi connectivity index (χ0) is 34.8. The molecule has 1 fully saturated rings. The maximum atomic E-state index is 13.7. The lowest BCUT2D eigenvalue weighted by Crippen LogP contribution is -2.20. The second-order valence-electron chi connectivity index (χ2n) is 11.6. The first-order chi connectivity index (χ1) is 23.0. The predicted molar refractivity (Wildman–Crippen MR) is 179 cm³/mol. The first-order valence-corrected chi connectivity index (χ1v) is 16.5. The molecule has 4 aromatic carbocycles. The van der Waals surface area contributed by atoms with Gasteiger partial charge in [0.1, 0.15) is 17.1 Å². The number of hydrogen-bond acceptors (Lipinski definition) is 5. The van der Waals surface area contributed by atoms with Crippen LogP contribution in [0, 0.1) is 30.2 Å². The third-order valence-electron chi connectivity index (χ3n) is 8.23. The van der Waals surface area contributed by atoms with E-state index in [1.807, 2.05) is 50.2 Å². The Morgan fingerprint density at radius 2 is 1.54 bits per heavy atom. The van der Waals surface area contributed by atoms with Gasteiger partial charge in [0, 0.05) is 41.4 Å². The van der Waals surface area contributed by atoms with E-state index in [4.69, 9.17) is 5.11 Å². The fraction of sp³-hybridized carbons (Fsp3) is 0.297. The molecule has 2 N–H and O–H groups in total. The normalized spacial score (nSPS) is 13.1. The lowest BCUT2D eigenvalue weighted by molar-refractivity contribution is -0.107. The average Bonchev–Trinajstić information content (AvgIpc) is 3.09. The van der Waals surface area contributed by atoms with Crippen molar-refractivity contribution in [2.75, 3.05) is 11.4 Å². The summed E-state index contributed by atoms with van der Waals surface area (Å²) < 4.78 is 55.3. The van der Waals surface area contributed by atoms with E-state index < -0.39 is 34.8 Å². The van der Waals surface area contributed by atoms with Gasteiger partial charge in [0.25, 0.3) is 0 Å². The molecular formula is C37H38F4N2O4S. The Labute approximate surface area is 282 Å². The van der Waals surface area contributed by atoms with Crippen LogP contribution < -0.4 is 4.90 Å². The quantitative estimate of drug-likeness (QED) is 0.0540. The number of aryl methyl sites for hydroxylation is 1. The zero-order valence-electron chi connectivity index (χ0n) is 26.8. The van der Waals surface area contributed by atoms with Crippen LogP contribution in [-0.2, 0) is 17.9 Å². The highest BCUT2D eigenvalue weighted by Gasteiger charge is 2.21. The molecule has 48 heavy (non-hydrogen) atoms. The maximum Gasteiger partial charge on any atom is 0.339 e. The van der Waals surface area contributed by atoms with Crippen LogP contribution in [0.4, 0.5) is 23.2 Å². The van der Waals surface area contributed by atoms with Crippen LogP contribution in [0.3, 0.4) is 0 Å². The van der Waals surface area contributed by atoms with Gasteiger partial charge in [-0.15, -0.1) is 0 Å². The molecule has 0 spiro atoms. The van der Waals surface area contributed by atoms with Crippen LogP contribution in [0.15, 0.2) is 77.7 Å². The molecule has 0 aliphatic heterocycles. The number of rotatable bonds is 11. The molecule has 6 nitrogen and oxygen atoms in total. The number of halogens is 4. The Morgan fingerprint density at radius 3 is 2.12 bits per heavy atom. The summed E-state index contributed by atoms with van der Waals surface area (Å²) in [4.78, 5) is 24.8. The van der Waals surface area contributed by atoms with Crippen molar-refractivity contribution in [1.82, 2.24) is 4.31 Å². The molecule has 0 heterocycles. The van der Waals surface area contributed by atoms with Gasteiger partial charge in [-0.25, -0.2) is 26.7 Å². The van der Waals surface area contributed by atoms with Gasteiger partial charge in [-0.2, -0.15) is 0 Å². The molecule has 1 aliphatic rings. The van der Waals surface area contributed by atoms with Crippen LogP contribution in [0.25, 0.3) is 0 Å². The number of anilines is 1. The highest BCUT2D eigenvalue weighted by molar-refractivity contribution is 7.97. The van der Waals surface area contributed by atoms with Gasteiger partial charge in [-0.3, -0.25) is 4.79 Å². The lowest BCUT2D eigenvalue weighted by Gasteiger charge is -2.23. The molecule has 0 aromatic heterocycles. The number of aromatic hydroxyl groups is 1. The number of carbonyl (C=O) groups excluding carboxylic acids is 1. The summed E-state index contributed by atoms with van der Waals surface area (Å²) in [6.45, 7) is 4.45. The van der Waals surface area contributed by atoms with Crippen molar-refractivity contribution >= 4 is 30.0 Å². The molecule has 5 rings (SSSR count). The highest BCUT2D eigenvalue weighted by atomic mass is 32.2. The number of amides is 1. The van der Waals surface area contributed by atoms with Crippen LogP contribution in [0.2, 0.25) is 0 Å². The summed E-state index contributed by atoms with van der Waals surface area (Å²) in [5.41, 5.74) is 3.24. The van der Waals surface area contributed by atoms with Crippen molar-refractivity contribution in [1.29, 1.82) is 0 Å². The molecule has 1 amide bonds. The SMILES string of the molecule is CCN(Cc1c(F)cc(F)c(F)c1F)Sc1ccc(C)cc1.O=CN(Cc1ccc(C2CCCCC2)cc1)c1ccc(C(=O)O)c(O)c1. The first-order valence-electron chi connectivity index (χ1n) is 15.7. The topological polar surface area (TPSA) is 81.1 Å². The number of carbonyl (C=O) groups is 2. The van der Waals surface area contributed by atoms with Gasteiger partial charge in [-0.05, 0) is 73.0 Å². The van der Waals surface area contributed by atoms with E-state index in [2.05, 4.69) is 12.1 Å². The first kappa shape index (κ1) is 36.5. The predicted octanol–water partition coefficient (Wildman–Crippen LogP) is 9.38. The molecule has 4 aromatic rings. The smallest absolute Gasteiger partial charge is 0.339 e. The van der Waals surface area contributed by atoms with Gasteiger partial charge in [0.15, 0.2) is 17.5 Å². The Morgan fingerprint density at radius 1 is 0.875 bits per heavy atom. The van der Waals surface area contributed by atoms with E-state index in [1.54, 1.807) is 4.31 Å². The highest BCUT2D eigenvalue weighted by Crippen LogP contribution is 2.33. The van der Waals surface area contributed by atoms with Gasteiger partial charge < -0.3 is 15.1 Å². The van der Waals surface area contributed by atoms with Crippen LogP contribution >= 0.6 is 11.9 Å². The molecular weight excluding hydrogens is 644 g/mol. The number of phenols is 1. The van der Waals surface area contributed by atoms with Crippen molar-refractivity contribution < 1.29 is 37.4 Å². The number of hydrogen-bond donors (Lipinski definition) is 2. The number of carboxylic acid groups (broad SMARTS) is 1. The fourth-order valence-corrected chi connectivity index (χ4v) is 6.36. The summed E-state index contributed by atoms with van der Waals surface area (Å²) in [7, 11) is 0. The summed E-state index contributed by atoms with van der Waals surface area (Å²) in [6, 6.07) is 20.5. The second-order valence-corrected chi connectivity index (χ2v) is 12.8. The summed E-state index contributed by atoms with van der Waals surface area (Å²) in [6.07, 6.45) is 7.09. The van der Waals surface area contributed by atoms with Crippen LogP contribution in [-0.4, -0.2) is 33.4 Å². The van der Waals surface area contributed by atoms with Gasteiger partial charge in [0.2, 0.25) is 6.41 Å². The van der Waals surface area contributed by atoms with Gasteiger partial charge in [-0.1, -0.05) is 68.1 Å². The minimum Gasteiger partial charge on any atom is -0.507 e. The van der Waals surface area contributed by atoms with E-state index in [0.717, 1.165) is 16.0 Å². The van der Waals surface area contributed by atoms with Crippen molar-refractivity contribution in [3.05, 3.63) is 124 Å². The lowest BCUT2D eigenvalue weighted by atomic mass is 9.84. The monoisotopic (exact) mass is 682 g/mol. The molecule has 1 aliphatic carbocycles. The Kier molecular flexibility index (Phi) is 13.0. The maximum absolute atomic E-state index is 13.7. The molecule has 254 valence electrons. The largest absolute Gasteiger partial charge is 0.507 e. The number of carboxylic acids is 1. The minimum absolute atomic E-state index is 0.163. The van der Waals surface area contributed by atoms with Gasteiger partial charge in [0.05, 0.1) is 6.54 Å². The number of nitrogens with zero attached hydrogens (tertiary/aromatic N) is 2. The number of benzene rings is 4. The second kappa shape index (κ2) is 17.2. The van der Waals surface area contributed by atoms with E-state index in [1.165, 1.54) is 72.7 Å². The summed E-state index contributed by atoms with van der Waals surface area (Å²) in [5.74, 6) is -6.64. The number of aromatic carboxylic acids is 1. The average molecular weight is 683 g/mol. The zero-order valence-corrected chi connectivity index (χ0v) is 27.6. The van der Waals surface area contributed by atoms with E-state index in [0.29, 0.717) is 37.2 Å². The molecule has 0 unspecified atom stereocenters. The molecule has 0 saturated heterocycles. The van der Waals surface area contributed by atoms with Gasteiger partial charge >= 0.3 is 5.97 Å². The van der Waals surface area contributed by atoms with Crippen molar-refractivity contribution in [2.45, 2.75) is 69.9 Å². The minimum atomic E-state index is -1.65. The molecule has 0 bridgehead atoms. The summed E-state index contributed by atoms with van der Waals surface area (Å²) in [5, 5.41) is 18.8. The van der Waals surface area contributed by atoms with Crippen molar-refractivity contribution in [3.8, 4) is 5.75 Å². The van der Waals surface area contributed by atoms with Crippen LogP contribution in [0.5, 0.6) is 5.75 Å². The third kappa shape index (κ3) is 9.60. The molecule has 0 atom stereocenters. The van der Waals surface area contributed by atoms with Crippen molar-refractivity contribution in [2.24, 2.45) is 0 Å². The standard InChI is InChI=1S/C21H23NO4.C16H15F4NS/c23-14-22(18-10-11-19(21(25)26)20(24)12-18)13-15-6-8-17(9-7-15)16-4-2-1-3-5-16;1-3-21(22-11-6-4-10(2)5-7-11)9-12-13(17)8-14(18)16(20)15(12)19/h6-12,14,16,24H,1-5,13H2,(H,25,26);4-8H,3,9H2,1-2H3. The molecule has 1 saturated carbocycles. The van der Waals surface area contributed by atoms with E-state index >= 15 is 0 Å². The van der Waals surface area contributed by atoms with Crippen LogP contribution in [0.1, 0.15) is 77.6 Å². The Hall–Kier alpha value is -4.35. The Bertz CT molecular complexity index is 1700. The Balaban J connectivity index is 0.000000220. The molecule has 0 radical (unpaired) electrons. The molecule has 11 heteroatoms. The van der Waals surface area contributed by atoms with Crippen molar-refractivity contribution in [3.63, 3.8) is 0 Å². The third-order valence-corrected chi connectivity index (χ3v) is 9.36. The van der Waals surface area contributed by atoms with E-state index in [9.17, 15) is 32.3 Å². The summed E-state index contributed by atoms with van der Waals surface area (Å²) >= 11 is 1.30. The van der Waals surface area contributed by atoms with E-state index in [-0.39, 0.29) is 17.9 Å².